The van der Waals surface area contributed by atoms with Crippen LogP contribution in [0.15, 0.2) is 54.9 Å². The van der Waals surface area contributed by atoms with Crippen molar-refractivity contribution in [2.75, 3.05) is 6.54 Å². The van der Waals surface area contributed by atoms with Crippen LogP contribution in [-0.4, -0.2) is 33.1 Å². The molecule has 142 valence electrons. The summed E-state index contributed by atoms with van der Waals surface area (Å²) in [4.78, 5) is 34.6. The van der Waals surface area contributed by atoms with Gasteiger partial charge in [-0.05, 0) is 29.7 Å². The molecule has 0 saturated carbocycles. The van der Waals surface area contributed by atoms with E-state index >= 15 is 0 Å². The number of carbonyl (C=O) groups is 2. The Morgan fingerprint density at radius 2 is 1.86 bits per heavy atom. The molecule has 0 unspecified atom stereocenters. The number of nitrogens with one attached hydrogen (secondary N) is 1. The van der Waals surface area contributed by atoms with Crippen molar-refractivity contribution in [2.45, 2.75) is 32.7 Å². The van der Waals surface area contributed by atoms with Gasteiger partial charge in [0.15, 0.2) is 5.78 Å². The average Bonchev–Trinajstić information content (AvgIpc) is 3.08. The van der Waals surface area contributed by atoms with Gasteiger partial charge in [-0.3, -0.25) is 14.6 Å². The van der Waals surface area contributed by atoms with Gasteiger partial charge >= 0.3 is 0 Å². The zero-order valence-corrected chi connectivity index (χ0v) is 15.9. The number of pyridine rings is 1. The zero-order valence-electron chi connectivity index (χ0n) is 15.9. The van der Waals surface area contributed by atoms with Gasteiger partial charge in [-0.25, -0.2) is 0 Å². The highest BCUT2D eigenvalue weighted by molar-refractivity contribution is 6.04. The van der Waals surface area contributed by atoms with E-state index in [1.807, 2.05) is 37.3 Å². The topological polar surface area (TPSA) is 66.1 Å². The van der Waals surface area contributed by atoms with E-state index in [2.05, 4.69) is 22.1 Å². The lowest BCUT2D eigenvalue weighted by atomic mass is 9.93. The molecule has 0 fully saturated rings. The summed E-state index contributed by atoms with van der Waals surface area (Å²) in [7, 11) is 0. The first-order chi connectivity index (χ1) is 13.7. The summed E-state index contributed by atoms with van der Waals surface area (Å²) in [6, 6.07) is 14.0. The molecular formula is C23H23N3O2. The van der Waals surface area contributed by atoms with Crippen LogP contribution in [0, 0.1) is 0 Å². The van der Waals surface area contributed by atoms with E-state index in [1.165, 1.54) is 0 Å². The number of fused-ring (bicyclic) bond motifs is 1. The average molecular weight is 373 g/mol. The summed E-state index contributed by atoms with van der Waals surface area (Å²) in [5.41, 5.74) is 5.66. The molecule has 0 atom stereocenters. The third-order valence-corrected chi connectivity index (χ3v) is 5.15. The summed E-state index contributed by atoms with van der Waals surface area (Å²) in [6.45, 7) is 2.58. The third-order valence-electron chi connectivity index (χ3n) is 5.15. The molecule has 0 spiro atoms. The summed E-state index contributed by atoms with van der Waals surface area (Å²) in [5.74, 6) is 0.0411. The number of hydrogen-bond donors (Lipinski definition) is 1. The fraction of sp³-hybridized carbons (Fsp3) is 0.261. The van der Waals surface area contributed by atoms with Gasteiger partial charge in [-0.2, -0.15) is 0 Å². The van der Waals surface area contributed by atoms with Gasteiger partial charge in [0, 0.05) is 42.1 Å². The first kappa shape index (κ1) is 18.2. The number of Topliss-reactive ketones (excluding diaryl/α,β-unsaturated/α-hetero) is 1. The van der Waals surface area contributed by atoms with Gasteiger partial charge in [0.25, 0.3) is 0 Å². The Bertz CT molecular complexity index is 993. The van der Waals surface area contributed by atoms with Crippen molar-refractivity contribution in [3.8, 4) is 11.3 Å². The number of rotatable bonds is 5. The van der Waals surface area contributed by atoms with Gasteiger partial charge in [-0.1, -0.05) is 37.3 Å². The Hall–Kier alpha value is -3.21. The minimum absolute atomic E-state index is 0.00758. The molecular weight excluding hydrogens is 350 g/mol. The zero-order chi connectivity index (χ0) is 19.5. The summed E-state index contributed by atoms with van der Waals surface area (Å²) in [6.07, 6.45) is 5.42. The lowest BCUT2D eigenvalue weighted by molar-refractivity contribution is -0.131. The molecule has 3 heterocycles. The second-order valence-electron chi connectivity index (χ2n) is 7.15. The molecule has 5 nitrogen and oxygen atoms in total. The Morgan fingerprint density at radius 3 is 2.57 bits per heavy atom. The van der Waals surface area contributed by atoms with Crippen LogP contribution in [0.4, 0.5) is 0 Å². The van der Waals surface area contributed by atoms with Crippen molar-refractivity contribution in [1.82, 2.24) is 14.9 Å². The molecule has 0 saturated heterocycles. The first-order valence-electron chi connectivity index (χ1n) is 9.66. The van der Waals surface area contributed by atoms with Gasteiger partial charge in [-0.15, -0.1) is 0 Å². The van der Waals surface area contributed by atoms with Crippen molar-refractivity contribution < 1.29 is 9.59 Å². The third kappa shape index (κ3) is 3.48. The largest absolute Gasteiger partial charge is 0.356 e. The number of nitrogens with zero attached hydrogens (tertiary/aromatic N) is 2. The molecule has 0 bridgehead atoms. The Kier molecular flexibility index (Phi) is 5.06. The highest BCUT2D eigenvalue weighted by atomic mass is 16.2. The SMILES string of the molecule is CCCC(=O)N1CC(=O)c2c([nH]c(-c3ccncc3)c2Cc2ccccc2)C1. The van der Waals surface area contributed by atoms with Crippen LogP contribution in [0.25, 0.3) is 11.3 Å². The van der Waals surface area contributed by atoms with E-state index in [1.54, 1.807) is 17.3 Å². The monoisotopic (exact) mass is 373 g/mol. The van der Waals surface area contributed by atoms with Gasteiger partial charge < -0.3 is 9.88 Å². The molecule has 28 heavy (non-hydrogen) atoms. The van der Waals surface area contributed by atoms with Crippen LogP contribution in [0.3, 0.4) is 0 Å². The maximum absolute atomic E-state index is 13.0. The highest BCUT2D eigenvalue weighted by Gasteiger charge is 2.31. The molecule has 4 rings (SSSR count). The van der Waals surface area contributed by atoms with Gasteiger partial charge in [0.2, 0.25) is 5.91 Å². The van der Waals surface area contributed by atoms with E-state index in [4.69, 9.17) is 0 Å². The second-order valence-corrected chi connectivity index (χ2v) is 7.15. The van der Waals surface area contributed by atoms with Crippen LogP contribution in [0.2, 0.25) is 0 Å². The predicted molar refractivity (Wildman–Crippen MR) is 108 cm³/mol. The van der Waals surface area contributed by atoms with Crippen molar-refractivity contribution in [2.24, 2.45) is 0 Å². The molecule has 1 aliphatic heterocycles. The summed E-state index contributed by atoms with van der Waals surface area (Å²) < 4.78 is 0. The number of hydrogen-bond acceptors (Lipinski definition) is 3. The maximum atomic E-state index is 13.0. The highest BCUT2D eigenvalue weighted by Crippen LogP contribution is 2.33. The lowest BCUT2D eigenvalue weighted by Crippen LogP contribution is -2.39. The molecule has 0 aliphatic carbocycles. The van der Waals surface area contributed by atoms with Crippen molar-refractivity contribution in [1.29, 1.82) is 0 Å². The normalized spacial score (nSPS) is 13.5. The smallest absolute Gasteiger partial charge is 0.223 e. The van der Waals surface area contributed by atoms with Crippen LogP contribution >= 0.6 is 0 Å². The molecule has 2 aromatic heterocycles. The minimum Gasteiger partial charge on any atom is -0.356 e. The summed E-state index contributed by atoms with van der Waals surface area (Å²) in [5, 5.41) is 0. The van der Waals surface area contributed by atoms with Crippen LogP contribution in [-0.2, 0) is 17.8 Å². The van der Waals surface area contributed by atoms with Crippen LogP contribution in [0.1, 0.15) is 46.9 Å². The van der Waals surface area contributed by atoms with E-state index in [-0.39, 0.29) is 18.2 Å². The van der Waals surface area contributed by atoms with Crippen LogP contribution in [0.5, 0.6) is 0 Å². The molecule has 3 aromatic rings. The maximum Gasteiger partial charge on any atom is 0.223 e. The van der Waals surface area contributed by atoms with Gasteiger partial charge in [0.05, 0.1) is 18.8 Å². The van der Waals surface area contributed by atoms with E-state index in [9.17, 15) is 9.59 Å². The molecule has 1 N–H and O–H groups in total. The van der Waals surface area contributed by atoms with Crippen molar-refractivity contribution in [3.63, 3.8) is 0 Å². The summed E-state index contributed by atoms with van der Waals surface area (Å²) >= 11 is 0. The first-order valence-corrected chi connectivity index (χ1v) is 9.66. The molecule has 1 aliphatic rings. The minimum atomic E-state index is 0.00758. The van der Waals surface area contributed by atoms with Crippen molar-refractivity contribution >= 4 is 11.7 Å². The second kappa shape index (κ2) is 7.80. The van der Waals surface area contributed by atoms with Gasteiger partial charge in [0.1, 0.15) is 0 Å². The van der Waals surface area contributed by atoms with E-state index < -0.39 is 0 Å². The van der Waals surface area contributed by atoms with Crippen molar-refractivity contribution in [3.05, 3.63) is 77.2 Å². The predicted octanol–water partition coefficient (Wildman–Crippen LogP) is 3.99. The quantitative estimate of drug-likeness (QED) is 0.735. The Balaban J connectivity index is 1.78. The molecule has 5 heteroatoms. The van der Waals surface area contributed by atoms with E-state index in [0.29, 0.717) is 19.4 Å². The molecule has 1 amide bonds. The number of aromatic amines is 1. The fourth-order valence-corrected chi connectivity index (χ4v) is 3.84. The lowest BCUT2D eigenvalue weighted by Gasteiger charge is -2.26. The Labute approximate surface area is 164 Å². The number of aromatic nitrogens is 2. The Morgan fingerprint density at radius 1 is 1.11 bits per heavy atom. The van der Waals surface area contributed by atoms with Crippen LogP contribution < -0.4 is 0 Å². The molecule has 0 radical (unpaired) electrons. The number of carbonyl (C=O) groups excluding carboxylic acids is 2. The number of ketones is 1. The fourth-order valence-electron chi connectivity index (χ4n) is 3.84. The number of H-pyrrole nitrogens is 1. The van der Waals surface area contributed by atoms with E-state index in [0.717, 1.165) is 40.1 Å². The number of amides is 1. The molecule has 1 aromatic carbocycles. The standard InChI is InChI=1S/C23H23N3O2/c1-2-6-21(28)26-14-19-22(20(27)15-26)18(13-16-7-4-3-5-8-16)23(25-19)17-9-11-24-12-10-17/h3-5,7-12,25H,2,6,13-15H2,1H3. The number of benzene rings is 1.